The molecule has 1 heterocycles. The fourth-order valence-electron chi connectivity index (χ4n) is 3.16. The average molecular weight is 352 g/mol. The van der Waals surface area contributed by atoms with Crippen molar-refractivity contribution < 1.29 is 14.3 Å². The van der Waals surface area contributed by atoms with Gasteiger partial charge < -0.3 is 15.4 Å². The van der Waals surface area contributed by atoms with E-state index in [9.17, 15) is 9.59 Å². The first-order valence-corrected chi connectivity index (χ1v) is 9.02. The van der Waals surface area contributed by atoms with Crippen molar-refractivity contribution >= 4 is 11.8 Å². The molecule has 1 fully saturated rings. The summed E-state index contributed by atoms with van der Waals surface area (Å²) in [4.78, 5) is 24.7. The molecule has 1 aliphatic heterocycles. The molecule has 3 rings (SSSR count). The van der Waals surface area contributed by atoms with Gasteiger partial charge in [0.25, 0.3) is 0 Å². The Morgan fingerprint density at radius 3 is 2.04 bits per heavy atom. The molecule has 5 nitrogen and oxygen atoms in total. The van der Waals surface area contributed by atoms with Crippen molar-refractivity contribution in [2.24, 2.45) is 0 Å². The number of carbonyl (C=O) groups excluding carboxylic acids is 2. The van der Waals surface area contributed by atoms with Crippen molar-refractivity contribution in [3.8, 4) is 0 Å². The summed E-state index contributed by atoms with van der Waals surface area (Å²) in [6.07, 6.45) is 1.35. The molecular weight excluding hydrogens is 328 g/mol. The molecule has 1 saturated heterocycles. The molecule has 136 valence electrons. The van der Waals surface area contributed by atoms with Gasteiger partial charge >= 0.3 is 0 Å². The lowest BCUT2D eigenvalue weighted by atomic mass is 9.90. The zero-order chi connectivity index (χ0) is 18.2. The van der Waals surface area contributed by atoms with E-state index in [-0.39, 0.29) is 23.8 Å². The van der Waals surface area contributed by atoms with Gasteiger partial charge in [-0.05, 0) is 24.0 Å². The second-order valence-electron chi connectivity index (χ2n) is 6.34. The van der Waals surface area contributed by atoms with Gasteiger partial charge in [0.05, 0.1) is 5.92 Å². The Bertz CT molecular complexity index is 673. The number of amides is 2. The molecule has 0 saturated carbocycles. The Balaban J connectivity index is 1.57. The van der Waals surface area contributed by atoms with Crippen LogP contribution >= 0.6 is 0 Å². The first kappa shape index (κ1) is 18.1. The molecule has 1 atom stereocenters. The maximum Gasteiger partial charge on any atom is 0.249 e. The largest absolute Gasteiger partial charge is 0.368 e. The van der Waals surface area contributed by atoms with Crippen LogP contribution in [-0.2, 0) is 14.3 Å². The van der Waals surface area contributed by atoms with Gasteiger partial charge in [-0.2, -0.15) is 0 Å². The minimum Gasteiger partial charge on any atom is -0.368 e. The van der Waals surface area contributed by atoms with Crippen LogP contribution in [0.1, 0.15) is 29.9 Å². The topological polar surface area (TPSA) is 67.4 Å². The van der Waals surface area contributed by atoms with E-state index in [1.54, 1.807) is 0 Å². The van der Waals surface area contributed by atoms with Crippen LogP contribution in [-0.4, -0.2) is 37.6 Å². The van der Waals surface area contributed by atoms with Gasteiger partial charge in [-0.3, -0.25) is 9.59 Å². The third-order valence-electron chi connectivity index (χ3n) is 4.47. The summed E-state index contributed by atoms with van der Waals surface area (Å²) in [5.41, 5.74) is 1.89. The SMILES string of the molecule is O=C(NCCNC(=O)C(c1ccccc1)c1ccccc1)C1CCCO1. The molecule has 0 aliphatic carbocycles. The maximum atomic E-state index is 12.8. The summed E-state index contributed by atoms with van der Waals surface area (Å²) in [6, 6.07) is 19.4. The molecule has 1 unspecified atom stereocenters. The summed E-state index contributed by atoms with van der Waals surface area (Å²) in [6.45, 7) is 1.42. The second kappa shape index (κ2) is 9.15. The maximum absolute atomic E-state index is 12.8. The lowest BCUT2D eigenvalue weighted by Crippen LogP contribution is -2.40. The fourth-order valence-corrected chi connectivity index (χ4v) is 3.16. The predicted octanol–water partition coefficient (Wildman–Crippen LogP) is 2.23. The van der Waals surface area contributed by atoms with Crippen LogP contribution in [0.2, 0.25) is 0 Å². The predicted molar refractivity (Wildman–Crippen MR) is 99.7 cm³/mol. The molecule has 0 spiro atoms. The van der Waals surface area contributed by atoms with Gasteiger partial charge in [-0.1, -0.05) is 60.7 Å². The fraction of sp³-hybridized carbons (Fsp3) is 0.333. The first-order chi connectivity index (χ1) is 12.8. The lowest BCUT2D eigenvalue weighted by Gasteiger charge is -2.18. The minimum atomic E-state index is -0.369. The molecule has 0 radical (unpaired) electrons. The van der Waals surface area contributed by atoms with Crippen LogP contribution in [0.3, 0.4) is 0 Å². The summed E-state index contributed by atoms with van der Waals surface area (Å²) in [5, 5.41) is 5.75. The Morgan fingerprint density at radius 2 is 1.50 bits per heavy atom. The number of rotatable bonds is 7. The van der Waals surface area contributed by atoms with E-state index in [1.165, 1.54) is 0 Å². The number of hydrogen-bond donors (Lipinski definition) is 2. The highest BCUT2D eigenvalue weighted by Crippen LogP contribution is 2.24. The number of ether oxygens (including phenoxy) is 1. The average Bonchev–Trinajstić information content (AvgIpc) is 3.22. The van der Waals surface area contributed by atoms with E-state index < -0.39 is 0 Å². The van der Waals surface area contributed by atoms with E-state index >= 15 is 0 Å². The molecule has 5 heteroatoms. The number of carbonyl (C=O) groups is 2. The van der Waals surface area contributed by atoms with Gasteiger partial charge in [-0.15, -0.1) is 0 Å². The summed E-state index contributed by atoms with van der Waals surface area (Å²) in [5.74, 6) is -0.542. The Morgan fingerprint density at radius 1 is 0.923 bits per heavy atom. The molecule has 0 bridgehead atoms. The Hall–Kier alpha value is -2.66. The van der Waals surface area contributed by atoms with Crippen molar-refractivity contribution in [2.75, 3.05) is 19.7 Å². The molecule has 1 aliphatic rings. The molecule has 0 aromatic heterocycles. The van der Waals surface area contributed by atoms with Crippen molar-refractivity contribution in [1.29, 1.82) is 0 Å². The highest BCUT2D eigenvalue weighted by Gasteiger charge is 2.24. The van der Waals surface area contributed by atoms with Crippen molar-refractivity contribution in [3.05, 3.63) is 71.8 Å². The molecule has 26 heavy (non-hydrogen) atoms. The monoisotopic (exact) mass is 352 g/mol. The van der Waals surface area contributed by atoms with Gasteiger partial charge in [-0.25, -0.2) is 0 Å². The molecule has 2 aromatic rings. The highest BCUT2D eigenvalue weighted by atomic mass is 16.5. The van der Waals surface area contributed by atoms with Crippen molar-refractivity contribution in [2.45, 2.75) is 24.9 Å². The quantitative estimate of drug-likeness (QED) is 0.751. The molecule has 2 N–H and O–H groups in total. The standard InChI is InChI=1S/C21H24N2O3/c24-20(18-12-7-15-26-18)22-13-14-23-21(25)19(16-8-3-1-4-9-16)17-10-5-2-6-11-17/h1-6,8-11,18-19H,7,12-15H2,(H,22,24)(H,23,25). The molecule has 2 amide bonds. The van der Waals surface area contributed by atoms with Gasteiger partial charge in [0.15, 0.2) is 0 Å². The van der Waals surface area contributed by atoms with Crippen molar-refractivity contribution in [3.63, 3.8) is 0 Å². The van der Waals surface area contributed by atoms with E-state index in [2.05, 4.69) is 10.6 Å². The lowest BCUT2D eigenvalue weighted by molar-refractivity contribution is -0.130. The van der Waals surface area contributed by atoms with E-state index in [0.717, 1.165) is 24.0 Å². The van der Waals surface area contributed by atoms with Crippen LogP contribution < -0.4 is 10.6 Å². The number of hydrogen-bond acceptors (Lipinski definition) is 3. The number of benzene rings is 2. The number of nitrogens with one attached hydrogen (secondary N) is 2. The van der Waals surface area contributed by atoms with E-state index in [1.807, 2.05) is 60.7 Å². The zero-order valence-electron chi connectivity index (χ0n) is 14.7. The normalized spacial score (nSPS) is 16.4. The van der Waals surface area contributed by atoms with Gasteiger partial charge in [0, 0.05) is 19.7 Å². The van der Waals surface area contributed by atoms with Gasteiger partial charge in [0.1, 0.15) is 6.10 Å². The van der Waals surface area contributed by atoms with Crippen LogP contribution in [0.15, 0.2) is 60.7 Å². The third-order valence-corrected chi connectivity index (χ3v) is 4.47. The van der Waals surface area contributed by atoms with E-state index in [0.29, 0.717) is 19.7 Å². The van der Waals surface area contributed by atoms with Crippen LogP contribution in [0.25, 0.3) is 0 Å². The van der Waals surface area contributed by atoms with Crippen LogP contribution in [0, 0.1) is 0 Å². The Labute approximate surface area is 153 Å². The van der Waals surface area contributed by atoms with Crippen molar-refractivity contribution in [1.82, 2.24) is 10.6 Å². The molecular formula is C21H24N2O3. The summed E-state index contributed by atoms with van der Waals surface area (Å²) >= 11 is 0. The van der Waals surface area contributed by atoms with Gasteiger partial charge in [0.2, 0.25) is 11.8 Å². The molecule has 2 aromatic carbocycles. The Kier molecular flexibility index (Phi) is 6.39. The summed E-state index contributed by atoms with van der Waals surface area (Å²) in [7, 11) is 0. The summed E-state index contributed by atoms with van der Waals surface area (Å²) < 4.78 is 5.35. The van der Waals surface area contributed by atoms with Crippen LogP contribution in [0.4, 0.5) is 0 Å². The van der Waals surface area contributed by atoms with Crippen LogP contribution in [0.5, 0.6) is 0 Å². The first-order valence-electron chi connectivity index (χ1n) is 9.02. The van der Waals surface area contributed by atoms with E-state index in [4.69, 9.17) is 4.74 Å². The highest BCUT2D eigenvalue weighted by molar-refractivity contribution is 5.87. The third kappa shape index (κ3) is 4.70. The zero-order valence-corrected chi connectivity index (χ0v) is 14.7. The second-order valence-corrected chi connectivity index (χ2v) is 6.34. The smallest absolute Gasteiger partial charge is 0.249 e. The minimum absolute atomic E-state index is 0.0752.